The van der Waals surface area contributed by atoms with Gasteiger partial charge in [-0.05, 0) is 45.1 Å². The molecular formula is C17H26N2O3. The summed E-state index contributed by atoms with van der Waals surface area (Å²) >= 11 is 0. The van der Waals surface area contributed by atoms with Gasteiger partial charge in [0.25, 0.3) is 5.91 Å². The Hall–Kier alpha value is -1.78. The Bertz CT molecular complexity index is 562. The van der Waals surface area contributed by atoms with Gasteiger partial charge in [-0.1, -0.05) is 19.8 Å². The van der Waals surface area contributed by atoms with E-state index in [9.17, 15) is 9.59 Å². The molecule has 1 saturated carbocycles. The number of aryl methyl sites for hydroxylation is 1. The third-order valence-electron chi connectivity index (χ3n) is 4.57. The molecule has 5 heteroatoms. The first-order valence-corrected chi connectivity index (χ1v) is 8.12. The Morgan fingerprint density at radius 2 is 1.95 bits per heavy atom. The fourth-order valence-electron chi connectivity index (χ4n) is 3.26. The second-order valence-electron chi connectivity index (χ2n) is 6.19. The van der Waals surface area contributed by atoms with E-state index in [1.807, 2.05) is 0 Å². The number of nitrogens with one attached hydrogen (secondary N) is 2. The highest BCUT2D eigenvalue weighted by molar-refractivity contribution is 6.00. The first kappa shape index (κ1) is 16.6. The van der Waals surface area contributed by atoms with Crippen LogP contribution >= 0.6 is 0 Å². The lowest BCUT2D eigenvalue weighted by Gasteiger charge is -2.29. The van der Waals surface area contributed by atoms with E-state index in [-0.39, 0.29) is 17.9 Å². The fraction of sp³-hybridized carbons (Fsp3) is 0.647. The lowest BCUT2D eigenvalue weighted by atomic mass is 9.86. The van der Waals surface area contributed by atoms with Gasteiger partial charge in [-0.15, -0.1) is 0 Å². The summed E-state index contributed by atoms with van der Waals surface area (Å²) in [6, 6.07) is 0.218. The monoisotopic (exact) mass is 306 g/mol. The normalized spacial score (nSPS) is 21.5. The van der Waals surface area contributed by atoms with Crippen molar-refractivity contribution < 1.29 is 14.3 Å². The zero-order valence-corrected chi connectivity index (χ0v) is 13.9. The van der Waals surface area contributed by atoms with Crippen molar-refractivity contribution in [3.63, 3.8) is 0 Å². The van der Waals surface area contributed by atoms with E-state index in [0.717, 1.165) is 19.3 Å². The minimum Gasteiger partial charge on any atom is -0.462 e. The van der Waals surface area contributed by atoms with Crippen molar-refractivity contribution in [1.82, 2.24) is 10.3 Å². The molecule has 122 valence electrons. The van der Waals surface area contributed by atoms with Crippen LogP contribution in [0.2, 0.25) is 0 Å². The van der Waals surface area contributed by atoms with Gasteiger partial charge in [0.15, 0.2) is 0 Å². The van der Waals surface area contributed by atoms with Crippen LogP contribution in [-0.4, -0.2) is 29.5 Å². The molecule has 1 fully saturated rings. The molecule has 1 aromatic rings. The highest BCUT2D eigenvalue weighted by Gasteiger charge is 2.27. The van der Waals surface area contributed by atoms with Crippen molar-refractivity contribution in [2.24, 2.45) is 5.92 Å². The van der Waals surface area contributed by atoms with Gasteiger partial charge in [-0.2, -0.15) is 0 Å². The van der Waals surface area contributed by atoms with Crippen LogP contribution in [0.25, 0.3) is 0 Å². The van der Waals surface area contributed by atoms with E-state index >= 15 is 0 Å². The lowest BCUT2D eigenvalue weighted by molar-refractivity contribution is 0.0525. The second-order valence-corrected chi connectivity index (χ2v) is 6.19. The Kier molecular flexibility index (Phi) is 5.27. The molecule has 1 heterocycles. The summed E-state index contributed by atoms with van der Waals surface area (Å²) < 4.78 is 5.06. The van der Waals surface area contributed by atoms with E-state index in [4.69, 9.17) is 4.74 Å². The number of aromatic amines is 1. The second kappa shape index (κ2) is 6.99. The zero-order valence-electron chi connectivity index (χ0n) is 13.9. The van der Waals surface area contributed by atoms with Gasteiger partial charge in [0.1, 0.15) is 5.69 Å². The summed E-state index contributed by atoms with van der Waals surface area (Å²) in [5, 5.41) is 3.11. The van der Waals surface area contributed by atoms with E-state index in [0.29, 0.717) is 35.0 Å². The van der Waals surface area contributed by atoms with Crippen LogP contribution in [0.4, 0.5) is 0 Å². The van der Waals surface area contributed by atoms with Crippen molar-refractivity contribution in [3.05, 3.63) is 22.5 Å². The molecule has 1 aliphatic carbocycles. The zero-order chi connectivity index (χ0) is 16.3. The average Bonchev–Trinajstić information content (AvgIpc) is 2.77. The van der Waals surface area contributed by atoms with E-state index in [1.165, 1.54) is 6.42 Å². The summed E-state index contributed by atoms with van der Waals surface area (Å²) in [4.78, 5) is 27.6. The summed E-state index contributed by atoms with van der Waals surface area (Å²) in [5.74, 6) is -0.00711. The van der Waals surface area contributed by atoms with Gasteiger partial charge in [-0.25, -0.2) is 4.79 Å². The molecule has 2 rings (SSSR count). The van der Waals surface area contributed by atoms with Crippen molar-refractivity contribution in [2.75, 3.05) is 6.61 Å². The molecular weight excluding hydrogens is 280 g/mol. The molecule has 1 aromatic heterocycles. The van der Waals surface area contributed by atoms with E-state index in [1.54, 1.807) is 20.8 Å². The largest absolute Gasteiger partial charge is 0.462 e. The van der Waals surface area contributed by atoms with Gasteiger partial charge in [0.05, 0.1) is 12.2 Å². The van der Waals surface area contributed by atoms with Crippen molar-refractivity contribution in [1.29, 1.82) is 0 Å². The van der Waals surface area contributed by atoms with Gasteiger partial charge in [0.2, 0.25) is 0 Å². The molecule has 0 radical (unpaired) electrons. The molecule has 0 aliphatic heterocycles. The summed E-state index contributed by atoms with van der Waals surface area (Å²) in [6.45, 7) is 7.85. The van der Waals surface area contributed by atoms with Gasteiger partial charge in [-0.3, -0.25) is 4.79 Å². The minimum absolute atomic E-state index is 0.130. The average molecular weight is 306 g/mol. The summed E-state index contributed by atoms with van der Waals surface area (Å²) in [5.41, 5.74) is 2.29. The number of H-pyrrole nitrogens is 1. The SMILES string of the molecule is CCOC(=O)c1c(C)[nH]c(C(=O)N[C@H]2CCCC[C@H]2C)c1C. The molecule has 2 N–H and O–H groups in total. The van der Waals surface area contributed by atoms with Crippen molar-refractivity contribution in [2.45, 2.75) is 59.4 Å². The number of rotatable bonds is 4. The summed E-state index contributed by atoms with van der Waals surface area (Å²) in [6.07, 6.45) is 4.57. The number of ether oxygens (including phenoxy) is 1. The molecule has 22 heavy (non-hydrogen) atoms. The Morgan fingerprint density at radius 1 is 1.27 bits per heavy atom. The Morgan fingerprint density at radius 3 is 2.59 bits per heavy atom. The van der Waals surface area contributed by atoms with Crippen LogP contribution in [0.5, 0.6) is 0 Å². The van der Waals surface area contributed by atoms with Crippen molar-refractivity contribution in [3.8, 4) is 0 Å². The standard InChI is InChI=1S/C17H26N2O3/c1-5-22-17(21)14-11(3)15(18-12(14)4)16(20)19-13-9-7-6-8-10(13)2/h10,13,18H,5-9H2,1-4H3,(H,19,20)/t10-,13+/m1/s1. The highest BCUT2D eigenvalue weighted by Crippen LogP contribution is 2.25. The maximum absolute atomic E-state index is 12.5. The number of aromatic nitrogens is 1. The van der Waals surface area contributed by atoms with E-state index < -0.39 is 0 Å². The Labute approximate surface area is 131 Å². The smallest absolute Gasteiger partial charge is 0.340 e. The number of hydrogen-bond donors (Lipinski definition) is 2. The predicted molar refractivity (Wildman–Crippen MR) is 85.1 cm³/mol. The summed E-state index contributed by atoms with van der Waals surface area (Å²) in [7, 11) is 0. The number of carbonyl (C=O) groups is 2. The number of carbonyl (C=O) groups excluding carboxylic acids is 2. The Balaban J connectivity index is 2.16. The first-order chi connectivity index (χ1) is 10.5. The molecule has 1 amide bonds. The topological polar surface area (TPSA) is 71.2 Å². The van der Waals surface area contributed by atoms with Gasteiger partial charge >= 0.3 is 5.97 Å². The lowest BCUT2D eigenvalue weighted by Crippen LogP contribution is -2.41. The predicted octanol–water partition coefficient (Wildman–Crippen LogP) is 3.12. The number of esters is 1. The third kappa shape index (κ3) is 3.34. The molecule has 1 aliphatic rings. The fourth-order valence-corrected chi connectivity index (χ4v) is 3.26. The molecule has 0 bridgehead atoms. The van der Waals surface area contributed by atoms with Crippen LogP contribution in [0.3, 0.4) is 0 Å². The maximum atomic E-state index is 12.5. The van der Waals surface area contributed by atoms with Crippen LogP contribution in [0.1, 0.15) is 71.6 Å². The quantitative estimate of drug-likeness (QED) is 0.840. The van der Waals surface area contributed by atoms with Gasteiger partial charge < -0.3 is 15.0 Å². The number of amides is 1. The molecule has 0 unspecified atom stereocenters. The number of hydrogen-bond acceptors (Lipinski definition) is 3. The minimum atomic E-state index is -0.376. The van der Waals surface area contributed by atoms with Gasteiger partial charge in [0, 0.05) is 11.7 Å². The molecule has 5 nitrogen and oxygen atoms in total. The van der Waals surface area contributed by atoms with Crippen molar-refractivity contribution >= 4 is 11.9 Å². The highest BCUT2D eigenvalue weighted by atomic mass is 16.5. The van der Waals surface area contributed by atoms with Crippen LogP contribution < -0.4 is 5.32 Å². The maximum Gasteiger partial charge on any atom is 0.340 e. The molecule has 0 aromatic carbocycles. The molecule has 0 spiro atoms. The van der Waals surface area contributed by atoms with Crippen LogP contribution in [0, 0.1) is 19.8 Å². The molecule has 2 atom stereocenters. The molecule has 0 saturated heterocycles. The van der Waals surface area contributed by atoms with Crippen LogP contribution in [-0.2, 0) is 4.74 Å². The van der Waals surface area contributed by atoms with E-state index in [2.05, 4.69) is 17.2 Å². The first-order valence-electron chi connectivity index (χ1n) is 8.12. The third-order valence-corrected chi connectivity index (χ3v) is 4.57. The van der Waals surface area contributed by atoms with Crippen LogP contribution in [0.15, 0.2) is 0 Å².